The summed E-state index contributed by atoms with van der Waals surface area (Å²) in [7, 11) is 0. The third-order valence-corrected chi connectivity index (χ3v) is 5.47. The van der Waals surface area contributed by atoms with Crippen molar-refractivity contribution in [1.29, 1.82) is 0 Å². The minimum atomic E-state index is -0.181. The number of piperidine rings is 1. The molecule has 1 aliphatic rings. The minimum absolute atomic E-state index is 0.0388. The van der Waals surface area contributed by atoms with Crippen molar-refractivity contribution >= 4 is 43.7 Å². The molecule has 5 heteroatoms. The average molecular weight is 403 g/mol. The fourth-order valence-corrected chi connectivity index (χ4v) is 3.32. The van der Waals surface area contributed by atoms with Gasteiger partial charge in [-0.1, -0.05) is 19.9 Å². The summed E-state index contributed by atoms with van der Waals surface area (Å²) in [5, 5.41) is 2.46. The lowest BCUT2D eigenvalue weighted by atomic mass is 9.76. The molecule has 1 N–H and O–H groups in total. The molecule has 1 aromatic carbocycles. The second-order valence-corrected chi connectivity index (χ2v) is 7.34. The molecule has 1 fully saturated rings. The van der Waals surface area contributed by atoms with Gasteiger partial charge in [-0.05, 0) is 61.9 Å². The molecule has 0 spiro atoms. The Bertz CT molecular complexity index is 543. The molecule has 108 valence electrons. The number of hydrogen-bond donors (Lipinski definition) is 1. The van der Waals surface area contributed by atoms with Gasteiger partial charge in [0.2, 0.25) is 11.8 Å². The maximum absolute atomic E-state index is 12.1. The number of imide groups is 1. The normalized spacial score (nSPS) is 23.1. The molecule has 2 unspecified atom stereocenters. The molecule has 0 saturated carbocycles. The first-order chi connectivity index (χ1) is 9.38. The van der Waals surface area contributed by atoms with Crippen LogP contribution >= 0.6 is 31.9 Å². The van der Waals surface area contributed by atoms with Crippen molar-refractivity contribution in [3.05, 3.63) is 32.7 Å². The van der Waals surface area contributed by atoms with Gasteiger partial charge in [0.1, 0.15) is 0 Å². The van der Waals surface area contributed by atoms with Gasteiger partial charge in [-0.2, -0.15) is 0 Å². The van der Waals surface area contributed by atoms with E-state index in [1.807, 2.05) is 18.2 Å². The molecular formula is C15H17Br2NO2. The van der Waals surface area contributed by atoms with Crippen LogP contribution in [0.5, 0.6) is 0 Å². The summed E-state index contributed by atoms with van der Waals surface area (Å²) < 4.78 is 1.91. The maximum atomic E-state index is 12.1. The Balaban J connectivity index is 2.34. The number of carbonyl (C=O) groups excluding carboxylic acids is 2. The number of nitrogens with one attached hydrogen (secondary N) is 1. The topological polar surface area (TPSA) is 46.2 Å². The molecule has 1 saturated heterocycles. The molecule has 2 amide bonds. The predicted octanol–water partition coefficient (Wildman–Crippen LogP) is 4.00. The Hall–Kier alpha value is -0.680. The van der Waals surface area contributed by atoms with Crippen LogP contribution in [0.25, 0.3) is 0 Å². The zero-order valence-electron chi connectivity index (χ0n) is 11.5. The van der Waals surface area contributed by atoms with Crippen LogP contribution in [0.3, 0.4) is 0 Å². The third kappa shape index (κ3) is 3.50. The predicted molar refractivity (Wildman–Crippen MR) is 85.3 cm³/mol. The first-order valence-electron chi connectivity index (χ1n) is 6.67. The van der Waals surface area contributed by atoms with E-state index in [9.17, 15) is 9.59 Å². The Morgan fingerprint density at radius 3 is 2.55 bits per heavy atom. The van der Waals surface area contributed by atoms with E-state index in [4.69, 9.17) is 0 Å². The Kier molecular flexibility index (Phi) is 5.02. The molecule has 1 heterocycles. The lowest BCUT2D eigenvalue weighted by Gasteiger charge is -2.31. The van der Waals surface area contributed by atoms with Gasteiger partial charge in [0, 0.05) is 27.2 Å². The highest BCUT2D eigenvalue weighted by molar-refractivity contribution is 9.13. The van der Waals surface area contributed by atoms with Gasteiger partial charge in [0.15, 0.2) is 0 Å². The molecular weight excluding hydrogens is 386 g/mol. The van der Waals surface area contributed by atoms with Gasteiger partial charge in [-0.3, -0.25) is 14.9 Å². The van der Waals surface area contributed by atoms with Crippen molar-refractivity contribution in [2.45, 2.75) is 32.6 Å². The molecule has 0 radical (unpaired) electrons. The van der Waals surface area contributed by atoms with E-state index in [0.717, 1.165) is 20.9 Å². The summed E-state index contributed by atoms with van der Waals surface area (Å²) in [6.45, 7) is 4.19. The van der Waals surface area contributed by atoms with Gasteiger partial charge in [-0.15, -0.1) is 0 Å². The first-order valence-corrected chi connectivity index (χ1v) is 8.25. The van der Waals surface area contributed by atoms with Gasteiger partial charge in [-0.25, -0.2) is 0 Å². The third-order valence-electron chi connectivity index (χ3n) is 3.59. The zero-order chi connectivity index (χ0) is 14.9. The van der Waals surface area contributed by atoms with Gasteiger partial charge < -0.3 is 0 Å². The molecule has 1 aromatic rings. The molecule has 3 nitrogen and oxygen atoms in total. The van der Waals surface area contributed by atoms with Crippen LogP contribution in [0.2, 0.25) is 0 Å². The highest BCUT2D eigenvalue weighted by Crippen LogP contribution is 2.37. The van der Waals surface area contributed by atoms with Gasteiger partial charge >= 0.3 is 0 Å². The van der Waals surface area contributed by atoms with Crippen molar-refractivity contribution in [2.24, 2.45) is 11.8 Å². The van der Waals surface area contributed by atoms with Crippen LogP contribution in [-0.2, 0) is 9.59 Å². The lowest BCUT2D eigenvalue weighted by molar-refractivity contribution is -0.137. The average Bonchev–Trinajstić information content (AvgIpc) is 2.35. The number of carbonyl (C=O) groups is 2. The van der Waals surface area contributed by atoms with Gasteiger partial charge in [0.25, 0.3) is 0 Å². The summed E-state index contributed by atoms with van der Waals surface area (Å²) in [5.41, 5.74) is 1.04. The second-order valence-electron chi connectivity index (χ2n) is 5.63. The summed E-state index contributed by atoms with van der Waals surface area (Å²) in [6, 6.07) is 5.93. The summed E-state index contributed by atoms with van der Waals surface area (Å²) in [5.74, 6) is -0.0813. The van der Waals surface area contributed by atoms with E-state index in [0.29, 0.717) is 12.3 Å². The van der Waals surface area contributed by atoms with Crippen LogP contribution in [0.1, 0.15) is 38.2 Å². The van der Waals surface area contributed by atoms with Crippen molar-refractivity contribution in [3.63, 3.8) is 0 Å². The SMILES string of the molecule is CC(C)CC1C(=O)NC(=O)CC1c1ccc(Br)c(Br)c1. The summed E-state index contributed by atoms with van der Waals surface area (Å²) in [4.78, 5) is 23.8. The van der Waals surface area contributed by atoms with Crippen LogP contribution in [-0.4, -0.2) is 11.8 Å². The maximum Gasteiger partial charge on any atom is 0.230 e. The Morgan fingerprint density at radius 1 is 1.25 bits per heavy atom. The van der Waals surface area contributed by atoms with E-state index >= 15 is 0 Å². The lowest BCUT2D eigenvalue weighted by Crippen LogP contribution is -2.45. The minimum Gasteiger partial charge on any atom is -0.296 e. The van der Waals surface area contributed by atoms with Crippen LogP contribution in [0, 0.1) is 11.8 Å². The molecule has 2 atom stereocenters. The van der Waals surface area contributed by atoms with Gasteiger partial charge in [0.05, 0.1) is 0 Å². The Labute approximate surface area is 135 Å². The molecule has 0 aromatic heterocycles. The van der Waals surface area contributed by atoms with Crippen molar-refractivity contribution in [1.82, 2.24) is 5.32 Å². The van der Waals surface area contributed by atoms with Crippen molar-refractivity contribution in [2.75, 3.05) is 0 Å². The van der Waals surface area contributed by atoms with E-state index < -0.39 is 0 Å². The number of amides is 2. The van der Waals surface area contributed by atoms with E-state index in [1.54, 1.807) is 0 Å². The van der Waals surface area contributed by atoms with Crippen LogP contribution in [0.15, 0.2) is 27.1 Å². The molecule has 20 heavy (non-hydrogen) atoms. The Morgan fingerprint density at radius 2 is 1.95 bits per heavy atom. The van der Waals surface area contributed by atoms with Crippen LogP contribution in [0.4, 0.5) is 0 Å². The second kappa shape index (κ2) is 6.39. The fourth-order valence-electron chi connectivity index (χ4n) is 2.68. The number of hydrogen-bond acceptors (Lipinski definition) is 2. The van der Waals surface area contributed by atoms with E-state index in [1.165, 1.54) is 0 Å². The molecule has 1 aliphatic heterocycles. The summed E-state index contributed by atoms with van der Waals surface area (Å²) in [6.07, 6.45) is 1.16. The van der Waals surface area contributed by atoms with E-state index in [2.05, 4.69) is 51.0 Å². The zero-order valence-corrected chi connectivity index (χ0v) is 14.6. The molecule has 0 aliphatic carbocycles. The molecule has 0 bridgehead atoms. The fraction of sp³-hybridized carbons (Fsp3) is 0.467. The van der Waals surface area contributed by atoms with E-state index in [-0.39, 0.29) is 23.7 Å². The number of benzene rings is 1. The van der Waals surface area contributed by atoms with Crippen LogP contribution < -0.4 is 5.32 Å². The van der Waals surface area contributed by atoms with Crippen molar-refractivity contribution < 1.29 is 9.59 Å². The largest absolute Gasteiger partial charge is 0.296 e. The molecule has 2 rings (SSSR count). The first kappa shape index (κ1) is 15.7. The number of halogens is 2. The van der Waals surface area contributed by atoms with Crippen molar-refractivity contribution in [3.8, 4) is 0 Å². The quantitative estimate of drug-likeness (QED) is 0.776. The highest BCUT2D eigenvalue weighted by Gasteiger charge is 2.37. The summed E-state index contributed by atoms with van der Waals surface area (Å²) >= 11 is 6.92. The number of rotatable bonds is 3. The smallest absolute Gasteiger partial charge is 0.230 e. The monoisotopic (exact) mass is 401 g/mol. The highest BCUT2D eigenvalue weighted by atomic mass is 79.9. The standard InChI is InChI=1S/C15H17Br2NO2/c1-8(2)5-11-10(7-14(19)18-15(11)20)9-3-4-12(16)13(17)6-9/h3-4,6,8,10-11H,5,7H2,1-2H3,(H,18,19,20).